The standard InChI is InChI=1S/C8H11ClN2O2/c1-12-8-6(13-5-4-10)2-3-7(9)11-8/h2-3H,4-5,10H2,1H3. The van der Waals surface area contributed by atoms with Crippen LogP contribution in [-0.2, 0) is 0 Å². The molecule has 2 N–H and O–H groups in total. The molecule has 0 amide bonds. The van der Waals surface area contributed by atoms with Crippen molar-refractivity contribution < 1.29 is 9.47 Å². The van der Waals surface area contributed by atoms with Crippen molar-refractivity contribution in [2.45, 2.75) is 0 Å². The molecule has 1 rings (SSSR count). The van der Waals surface area contributed by atoms with Gasteiger partial charge in [-0.25, -0.2) is 0 Å². The van der Waals surface area contributed by atoms with Crippen LogP contribution in [0.2, 0.25) is 5.15 Å². The van der Waals surface area contributed by atoms with Crippen molar-refractivity contribution in [3.63, 3.8) is 0 Å². The molecule has 1 heterocycles. The third-order valence-corrected chi connectivity index (χ3v) is 1.57. The van der Waals surface area contributed by atoms with Crippen molar-refractivity contribution in [1.82, 2.24) is 4.98 Å². The Kier molecular flexibility index (Phi) is 3.79. The Labute approximate surface area is 81.6 Å². The van der Waals surface area contributed by atoms with Crippen LogP contribution in [0.1, 0.15) is 0 Å². The summed E-state index contributed by atoms with van der Waals surface area (Å²) in [5.74, 6) is 0.929. The zero-order chi connectivity index (χ0) is 9.68. The minimum atomic E-state index is 0.372. The predicted octanol–water partition coefficient (Wildman–Crippen LogP) is 1.08. The van der Waals surface area contributed by atoms with Crippen LogP contribution in [0.4, 0.5) is 0 Å². The quantitative estimate of drug-likeness (QED) is 0.743. The van der Waals surface area contributed by atoms with Gasteiger partial charge in [0.15, 0.2) is 5.75 Å². The molecular formula is C8H11ClN2O2. The fraction of sp³-hybridized carbons (Fsp3) is 0.375. The van der Waals surface area contributed by atoms with Gasteiger partial charge in [-0.2, -0.15) is 4.98 Å². The highest BCUT2D eigenvalue weighted by Gasteiger charge is 2.05. The first-order valence-electron chi connectivity index (χ1n) is 3.81. The maximum Gasteiger partial charge on any atom is 0.258 e. The summed E-state index contributed by atoms with van der Waals surface area (Å²) < 4.78 is 10.2. The van der Waals surface area contributed by atoms with Crippen LogP contribution in [-0.4, -0.2) is 25.2 Å². The number of aromatic nitrogens is 1. The number of halogens is 1. The van der Waals surface area contributed by atoms with Gasteiger partial charge in [0.2, 0.25) is 0 Å². The van der Waals surface area contributed by atoms with Crippen LogP contribution in [0.15, 0.2) is 12.1 Å². The number of rotatable bonds is 4. The number of pyridine rings is 1. The largest absolute Gasteiger partial charge is 0.487 e. The lowest BCUT2D eigenvalue weighted by molar-refractivity contribution is 0.296. The van der Waals surface area contributed by atoms with Gasteiger partial charge in [0, 0.05) is 6.54 Å². The van der Waals surface area contributed by atoms with Crippen LogP contribution in [0, 0.1) is 0 Å². The van der Waals surface area contributed by atoms with Gasteiger partial charge in [-0.1, -0.05) is 11.6 Å². The van der Waals surface area contributed by atoms with Crippen molar-refractivity contribution in [1.29, 1.82) is 0 Å². The van der Waals surface area contributed by atoms with Crippen LogP contribution in [0.5, 0.6) is 11.6 Å². The summed E-state index contributed by atoms with van der Waals surface area (Å²) in [5.41, 5.74) is 5.29. The molecule has 0 aromatic carbocycles. The van der Waals surface area contributed by atoms with Crippen molar-refractivity contribution in [2.24, 2.45) is 5.73 Å². The molecule has 0 fully saturated rings. The molecule has 0 aliphatic heterocycles. The van der Waals surface area contributed by atoms with Crippen LogP contribution >= 0.6 is 11.6 Å². The smallest absolute Gasteiger partial charge is 0.258 e. The molecule has 0 bridgehead atoms. The summed E-state index contributed by atoms with van der Waals surface area (Å²) in [7, 11) is 1.51. The van der Waals surface area contributed by atoms with Crippen LogP contribution < -0.4 is 15.2 Å². The summed E-state index contributed by atoms with van der Waals surface area (Å²) in [5, 5.41) is 0.372. The van der Waals surface area contributed by atoms with Gasteiger partial charge in [0.05, 0.1) is 7.11 Å². The summed E-state index contributed by atoms with van der Waals surface area (Å²) in [6.07, 6.45) is 0. The number of ether oxygens (including phenoxy) is 2. The molecule has 0 saturated carbocycles. The van der Waals surface area contributed by atoms with E-state index in [0.717, 1.165) is 0 Å². The van der Waals surface area contributed by atoms with E-state index in [1.165, 1.54) is 7.11 Å². The second-order valence-electron chi connectivity index (χ2n) is 2.28. The first-order valence-corrected chi connectivity index (χ1v) is 4.19. The molecule has 0 saturated heterocycles. The van der Waals surface area contributed by atoms with E-state index < -0.39 is 0 Å². The summed E-state index contributed by atoms with van der Waals surface area (Å²) in [6.45, 7) is 0.880. The van der Waals surface area contributed by atoms with Crippen molar-refractivity contribution in [2.75, 3.05) is 20.3 Å². The van der Waals surface area contributed by atoms with E-state index in [2.05, 4.69) is 4.98 Å². The Hall–Kier alpha value is -1.00. The highest BCUT2D eigenvalue weighted by molar-refractivity contribution is 6.29. The molecule has 0 aliphatic rings. The van der Waals surface area contributed by atoms with Crippen molar-refractivity contribution >= 4 is 11.6 Å². The van der Waals surface area contributed by atoms with Gasteiger partial charge in [-0.3, -0.25) is 0 Å². The molecule has 5 heteroatoms. The Morgan fingerprint density at radius 1 is 1.54 bits per heavy atom. The fourth-order valence-corrected chi connectivity index (χ4v) is 0.970. The molecule has 0 radical (unpaired) electrons. The zero-order valence-corrected chi connectivity index (χ0v) is 8.04. The van der Waals surface area contributed by atoms with E-state index in [0.29, 0.717) is 29.9 Å². The predicted molar refractivity (Wildman–Crippen MR) is 50.3 cm³/mol. The van der Waals surface area contributed by atoms with Gasteiger partial charge < -0.3 is 15.2 Å². The number of hydrogen-bond acceptors (Lipinski definition) is 4. The van der Waals surface area contributed by atoms with Crippen LogP contribution in [0.25, 0.3) is 0 Å². The average molecular weight is 203 g/mol. The summed E-state index contributed by atoms with van der Waals surface area (Å²) >= 11 is 5.66. The molecule has 13 heavy (non-hydrogen) atoms. The van der Waals surface area contributed by atoms with E-state index in [4.69, 9.17) is 26.8 Å². The average Bonchev–Trinajstić information content (AvgIpc) is 2.16. The second-order valence-corrected chi connectivity index (χ2v) is 2.67. The Morgan fingerprint density at radius 2 is 2.31 bits per heavy atom. The lowest BCUT2D eigenvalue weighted by Crippen LogP contribution is -2.11. The van der Waals surface area contributed by atoms with Gasteiger partial charge in [0.25, 0.3) is 5.88 Å². The monoisotopic (exact) mass is 202 g/mol. The van der Waals surface area contributed by atoms with Gasteiger partial charge in [-0.05, 0) is 12.1 Å². The Bertz CT molecular complexity index is 281. The molecule has 4 nitrogen and oxygen atoms in total. The minimum Gasteiger partial charge on any atom is -0.487 e. The summed E-state index contributed by atoms with van der Waals surface area (Å²) in [6, 6.07) is 3.33. The molecule has 1 aromatic rings. The van der Waals surface area contributed by atoms with Gasteiger partial charge >= 0.3 is 0 Å². The number of nitrogens with zero attached hydrogens (tertiary/aromatic N) is 1. The third kappa shape index (κ3) is 2.75. The number of methoxy groups -OCH3 is 1. The zero-order valence-electron chi connectivity index (χ0n) is 7.29. The molecule has 0 atom stereocenters. The fourth-order valence-electron chi connectivity index (χ4n) is 0.830. The van der Waals surface area contributed by atoms with Gasteiger partial charge in [-0.15, -0.1) is 0 Å². The third-order valence-electron chi connectivity index (χ3n) is 1.36. The topological polar surface area (TPSA) is 57.4 Å². The molecular weight excluding hydrogens is 192 g/mol. The normalized spacial score (nSPS) is 9.77. The van der Waals surface area contributed by atoms with E-state index in [1.807, 2.05) is 0 Å². The first kappa shape index (κ1) is 10.1. The Morgan fingerprint density at radius 3 is 2.92 bits per heavy atom. The molecule has 72 valence electrons. The second kappa shape index (κ2) is 4.89. The maximum absolute atomic E-state index is 5.66. The maximum atomic E-state index is 5.66. The lowest BCUT2D eigenvalue weighted by Gasteiger charge is -2.08. The minimum absolute atomic E-state index is 0.372. The SMILES string of the molecule is COc1nc(Cl)ccc1OCCN. The van der Waals surface area contributed by atoms with E-state index >= 15 is 0 Å². The number of hydrogen-bond donors (Lipinski definition) is 1. The highest BCUT2D eigenvalue weighted by atomic mass is 35.5. The lowest BCUT2D eigenvalue weighted by atomic mass is 10.4. The van der Waals surface area contributed by atoms with E-state index in [9.17, 15) is 0 Å². The molecule has 1 aromatic heterocycles. The van der Waals surface area contributed by atoms with Crippen molar-refractivity contribution in [3.05, 3.63) is 17.3 Å². The van der Waals surface area contributed by atoms with Crippen molar-refractivity contribution in [3.8, 4) is 11.6 Å². The van der Waals surface area contributed by atoms with Crippen LogP contribution in [0.3, 0.4) is 0 Å². The highest BCUT2D eigenvalue weighted by Crippen LogP contribution is 2.25. The number of nitrogens with two attached hydrogens (primary N) is 1. The Balaban J connectivity index is 2.79. The molecule has 0 spiro atoms. The molecule has 0 aliphatic carbocycles. The summed E-state index contributed by atoms with van der Waals surface area (Å²) in [4.78, 5) is 3.92. The van der Waals surface area contributed by atoms with E-state index in [-0.39, 0.29) is 0 Å². The van der Waals surface area contributed by atoms with Gasteiger partial charge in [0.1, 0.15) is 11.8 Å². The van der Waals surface area contributed by atoms with E-state index in [1.54, 1.807) is 12.1 Å². The first-order chi connectivity index (χ1) is 6.27. The molecule has 0 unspecified atom stereocenters.